The Kier molecular flexibility index (Phi) is 9.37. The Hall–Kier alpha value is -2.16. The first kappa shape index (κ1) is 23.9. The molecule has 0 aliphatic rings. The van der Waals surface area contributed by atoms with Gasteiger partial charge in [-0.3, -0.25) is 9.79 Å². The van der Waals surface area contributed by atoms with Crippen LogP contribution in [0.1, 0.15) is 68.0 Å². The normalized spacial score (nSPS) is 13.0. The van der Waals surface area contributed by atoms with Crippen LogP contribution in [0.25, 0.3) is 0 Å². The largest absolute Gasteiger partial charge is 0.462 e. The van der Waals surface area contributed by atoms with Crippen molar-refractivity contribution in [1.29, 1.82) is 0 Å². The standard InChI is InChI=1S/C19H33N5O3S/c1-8-20-18(22-11-10-21-17(26)19(5,6)7)24-13(4)15-23-12(3)14(28-15)16(25)27-9-2/h13H,8-11H2,1-7H3,(H,21,26)(H2,20,22,24). The van der Waals surface area contributed by atoms with Crippen LogP contribution in [0.4, 0.5) is 0 Å². The first-order valence-corrected chi connectivity index (χ1v) is 10.4. The van der Waals surface area contributed by atoms with Crippen LogP contribution in [0.2, 0.25) is 0 Å². The van der Waals surface area contributed by atoms with Crippen molar-refractivity contribution in [3.05, 3.63) is 15.6 Å². The van der Waals surface area contributed by atoms with Gasteiger partial charge in [0, 0.05) is 18.5 Å². The molecule has 0 bridgehead atoms. The third-order valence-corrected chi connectivity index (χ3v) is 5.01. The molecule has 0 saturated carbocycles. The van der Waals surface area contributed by atoms with E-state index >= 15 is 0 Å². The Labute approximate surface area is 171 Å². The summed E-state index contributed by atoms with van der Waals surface area (Å²) in [6.45, 7) is 15.1. The van der Waals surface area contributed by atoms with E-state index in [1.807, 2.05) is 34.6 Å². The minimum atomic E-state index is -0.416. The highest BCUT2D eigenvalue weighted by Gasteiger charge is 2.21. The fourth-order valence-corrected chi connectivity index (χ4v) is 3.14. The molecule has 28 heavy (non-hydrogen) atoms. The smallest absolute Gasteiger partial charge is 0.350 e. The molecule has 1 atom stereocenters. The number of carbonyl (C=O) groups is 2. The van der Waals surface area contributed by atoms with E-state index in [2.05, 4.69) is 25.9 Å². The Morgan fingerprint density at radius 2 is 1.93 bits per heavy atom. The molecule has 3 N–H and O–H groups in total. The van der Waals surface area contributed by atoms with Crippen molar-refractivity contribution in [2.75, 3.05) is 26.2 Å². The van der Waals surface area contributed by atoms with Crippen LogP contribution in [-0.4, -0.2) is 49.1 Å². The van der Waals surface area contributed by atoms with Gasteiger partial charge in [0.05, 0.1) is 24.9 Å². The van der Waals surface area contributed by atoms with E-state index in [0.717, 1.165) is 5.01 Å². The number of hydrogen-bond acceptors (Lipinski definition) is 6. The van der Waals surface area contributed by atoms with Gasteiger partial charge in [-0.15, -0.1) is 11.3 Å². The number of aryl methyl sites for hydroxylation is 1. The molecule has 0 aliphatic heterocycles. The highest BCUT2D eigenvalue weighted by molar-refractivity contribution is 7.13. The topological polar surface area (TPSA) is 105 Å². The fourth-order valence-electron chi connectivity index (χ4n) is 2.18. The highest BCUT2D eigenvalue weighted by atomic mass is 32.1. The first-order chi connectivity index (χ1) is 13.1. The van der Waals surface area contributed by atoms with Crippen molar-refractivity contribution in [2.45, 2.75) is 54.5 Å². The first-order valence-electron chi connectivity index (χ1n) is 9.57. The van der Waals surface area contributed by atoms with Crippen LogP contribution in [0.5, 0.6) is 0 Å². The van der Waals surface area contributed by atoms with Crippen LogP contribution < -0.4 is 16.0 Å². The average Bonchev–Trinajstić information content (AvgIpc) is 3.00. The summed E-state index contributed by atoms with van der Waals surface area (Å²) in [4.78, 5) is 33.4. The fraction of sp³-hybridized carbons (Fsp3) is 0.684. The maximum absolute atomic E-state index is 12.0. The number of amides is 1. The molecule has 1 unspecified atom stereocenters. The summed E-state index contributed by atoms with van der Waals surface area (Å²) < 4.78 is 5.07. The molecule has 158 valence electrons. The van der Waals surface area contributed by atoms with E-state index < -0.39 is 5.41 Å². The monoisotopic (exact) mass is 411 g/mol. The lowest BCUT2D eigenvalue weighted by atomic mass is 9.96. The number of esters is 1. The maximum atomic E-state index is 12.0. The van der Waals surface area contributed by atoms with Crippen molar-refractivity contribution < 1.29 is 14.3 Å². The lowest BCUT2D eigenvalue weighted by Gasteiger charge is -2.18. The number of nitrogens with one attached hydrogen (secondary N) is 3. The summed E-state index contributed by atoms with van der Waals surface area (Å²) in [6, 6.07) is -0.131. The van der Waals surface area contributed by atoms with Gasteiger partial charge in [-0.05, 0) is 27.7 Å². The van der Waals surface area contributed by atoms with Crippen molar-refractivity contribution in [1.82, 2.24) is 20.9 Å². The molecule has 0 spiro atoms. The van der Waals surface area contributed by atoms with Crippen molar-refractivity contribution in [2.24, 2.45) is 10.4 Å². The van der Waals surface area contributed by atoms with Gasteiger partial charge in [-0.2, -0.15) is 0 Å². The van der Waals surface area contributed by atoms with Gasteiger partial charge >= 0.3 is 5.97 Å². The van der Waals surface area contributed by atoms with E-state index in [1.54, 1.807) is 13.8 Å². The number of ether oxygens (including phenoxy) is 1. The molecule has 0 radical (unpaired) electrons. The van der Waals surface area contributed by atoms with E-state index in [-0.39, 0.29) is 17.9 Å². The zero-order chi connectivity index (χ0) is 21.3. The van der Waals surface area contributed by atoms with Crippen molar-refractivity contribution in [3.63, 3.8) is 0 Å². The van der Waals surface area contributed by atoms with Gasteiger partial charge in [0.25, 0.3) is 0 Å². The zero-order valence-corrected chi connectivity index (χ0v) is 18.7. The minimum Gasteiger partial charge on any atom is -0.462 e. The molecular weight excluding hydrogens is 378 g/mol. The molecule has 1 rings (SSSR count). The highest BCUT2D eigenvalue weighted by Crippen LogP contribution is 2.24. The summed E-state index contributed by atoms with van der Waals surface area (Å²) in [5.74, 6) is 0.287. The Bertz CT molecular complexity index is 694. The maximum Gasteiger partial charge on any atom is 0.350 e. The number of thiazole rings is 1. The quantitative estimate of drug-likeness (QED) is 0.263. The lowest BCUT2D eigenvalue weighted by Crippen LogP contribution is -2.40. The number of nitrogens with zero attached hydrogens (tertiary/aromatic N) is 2. The molecule has 0 saturated heterocycles. The van der Waals surface area contributed by atoms with Gasteiger partial charge in [-0.1, -0.05) is 20.8 Å². The molecule has 0 fully saturated rings. The Morgan fingerprint density at radius 1 is 1.25 bits per heavy atom. The number of hydrogen-bond donors (Lipinski definition) is 3. The molecule has 9 heteroatoms. The minimum absolute atomic E-state index is 0.00113. The molecule has 0 aliphatic carbocycles. The van der Waals surface area contributed by atoms with Crippen LogP contribution in [-0.2, 0) is 9.53 Å². The van der Waals surface area contributed by atoms with E-state index in [0.29, 0.717) is 42.8 Å². The summed E-state index contributed by atoms with van der Waals surface area (Å²) in [7, 11) is 0. The number of aliphatic imine (C=N–C) groups is 1. The molecule has 1 amide bonds. The van der Waals surface area contributed by atoms with Gasteiger partial charge in [0.15, 0.2) is 5.96 Å². The van der Waals surface area contributed by atoms with Crippen LogP contribution in [0, 0.1) is 12.3 Å². The summed E-state index contributed by atoms with van der Waals surface area (Å²) >= 11 is 1.32. The third-order valence-electron chi connectivity index (χ3n) is 3.69. The van der Waals surface area contributed by atoms with Crippen LogP contribution in [0.3, 0.4) is 0 Å². The number of aromatic nitrogens is 1. The number of carbonyl (C=O) groups excluding carboxylic acids is 2. The van der Waals surface area contributed by atoms with Crippen LogP contribution in [0.15, 0.2) is 4.99 Å². The van der Waals surface area contributed by atoms with Gasteiger partial charge in [0.1, 0.15) is 9.88 Å². The summed E-state index contributed by atoms with van der Waals surface area (Å²) in [5.41, 5.74) is 0.249. The Balaban J connectivity index is 2.71. The Morgan fingerprint density at radius 3 is 2.50 bits per heavy atom. The predicted molar refractivity (Wildman–Crippen MR) is 113 cm³/mol. The predicted octanol–water partition coefficient (Wildman–Crippen LogP) is 2.41. The molecule has 1 aromatic rings. The van der Waals surface area contributed by atoms with Crippen LogP contribution >= 0.6 is 11.3 Å². The second-order valence-electron chi connectivity index (χ2n) is 7.32. The van der Waals surface area contributed by atoms with Crippen molar-refractivity contribution in [3.8, 4) is 0 Å². The molecule has 1 aromatic heterocycles. The third kappa shape index (κ3) is 7.46. The van der Waals surface area contributed by atoms with Crippen molar-refractivity contribution >= 4 is 29.2 Å². The van der Waals surface area contributed by atoms with Gasteiger partial charge in [0.2, 0.25) is 5.91 Å². The second kappa shape index (κ2) is 11.0. The molecule has 1 heterocycles. The number of guanidine groups is 1. The zero-order valence-electron chi connectivity index (χ0n) is 17.9. The summed E-state index contributed by atoms with van der Waals surface area (Å²) in [6.07, 6.45) is 0. The SMILES string of the molecule is CCNC(=NCCNC(=O)C(C)(C)C)NC(C)c1nc(C)c(C(=O)OCC)s1. The lowest BCUT2D eigenvalue weighted by molar-refractivity contribution is -0.128. The van der Waals surface area contributed by atoms with E-state index in [9.17, 15) is 9.59 Å². The van der Waals surface area contributed by atoms with E-state index in [1.165, 1.54) is 11.3 Å². The summed E-state index contributed by atoms with van der Waals surface area (Å²) in [5, 5.41) is 10.1. The van der Waals surface area contributed by atoms with Gasteiger partial charge in [-0.25, -0.2) is 9.78 Å². The van der Waals surface area contributed by atoms with E-state index in [4.69, 9.17) is 4.74 Å². The molecule has 8 nitrogen and oxygen atoms in total. The molecule has 0 aromatic carbocycles. The number of rotatable bonds is 8. The van der Waals surface area contributed by atoms with Gasteiger partial charge < -0.3 is 20.7 Å². The second-order valence-corrected chi connectivity index (χ2v) is 8.35. The molecular formula is C19H33N5O3S. The average molecular weight is 412 g/mol.